The Hall–Kier alpha value is -3.10. The number of rotatable bonds is 16. The molecule has 0 aliphatic carbocycles. The van der Waals surface area contributed by atoms with Crippen molar-refractivity contribution in [3.63, 3.8) is 0 Å². The summed E-state index contributed by atoms with van der Waals surface area (Å²) in [5.74, 6) is 1.90. The number of carbonyl (C=O) groups is 1. The second-order valence-corrected chi connectivity index (χ2v) is 11.4. The minimum Gasteiger partial charge on any atom is -0.494 e. The number of amides is 1. The van der Waals surface area contributed by atoms with Crippen LogP contribution in [0.4, 0.5) is 11.4 Å². The van der Waals surface area contributed by atoms with E-state index in [0.29, 0.717) is 36.0 Å². The van der Waals surface area contributed by atoms with Crippen LogP contribution in [0.2, 0.25) is 0 Å². The van der Waals surface area contributed by atoms with Gasteiger partial charge in [0.25, 0.3) is 5.91 Å². The standard InChI is InChI=1S/C33H41Cl2N5O2/c1-24-9-6-12-27-30(24)38-32-28(13-8-14-29(32)33(41)36-17-21-39(2)3)31(27)37-25-10-7-11-26(23-25)42-22-5-4-18-40(19-15-34)20-16-35/h6-14,23H,4-5,15-22H2,1-3H3,(H,36,41)(H,37,38). The zero-order valence-corrected chi connectivity index (χ0v) is 26.3. The van der Waals surface area contributed by atoms with Crippen LogP contribution in [0.5, 0.6) is 5.75 Å². The molecule has 3 aromatic carbocycles. The number of alkyl halides is 2. The number of likely N-dealkylation sites (N-methyl/N-ethyl adjacent to an activating group) is 1. The highest BCUT2D eigenvalue weighted by atomic mass is 35.5. The van der Waals surface area contributed by atoms with Crippen LogP contribution in [-0.2, 0) is 0 Å². The molecule has 2 N–H and O–H groups in total. The molecule has 4 aromatic rings. The summed E-state index contributed by atoms with van der Waals surface area (Å²) >= 11 is 11.8. The van der Waals surface area contributed by atoms with Gasteiger partial charge in [-0.25, -0.2) is 4.98 Å². The van der Waals surface area contributed by atoms with Crippen molar-refractivity contribution in [3.05, 3.63) is 71.8 Å². The Morgan fingerprint density at radius 2 is 1.60 bits per heavy atom. The van der Waals surface area contributed by atoms with Gasteiger partial charge in [-0.2, -0.15) is 0 Å². The number of carbonyl (C=O) groups excluding carboxylic acids is 1. The molecule has 0 spiro atoms. The molecule has 0 saturated carbocycles. The van der Waals surface area contributed by atoms with E-state index in [1.54, 1.807) is 0 Å². The second kappa shape index (κ2) is 15.9. The van der Waals surface area contributed by atoms with Crippen LogP contribution in [0.3, 0.4) is 0 Å². The number of aryl methyl sites for hydroxylation is 1. The Morgan fingerprint density at radius 3 is 2.33 bits per heavy atom. The normalized spacial score (nSPS) is 11.5. The maximum atomic E-state index is 13.2. The molecule has 0 fully saturated rings. The molecule has 0 aliphatic rings. The van der Waals surface area contributed by atoms with E-state index < -0.39 is 0 Å². The number of nitrogens with one attached hydrogen (secondary N) is 2. The number of unbranched alkanes of at least 4 members (excludes halogenated alkanes) is 1. The molecule has 7 nitrogen and oxygen atoms in total. The van der Waals surface area contributed by atoms with Gasteiger partial charge in [-0.15, -0.1) is 23.2 Å². The highest BCUT2D eigenvalue weighted by molar-refractivity contribution is 6.18. The summed E-state index contributed by atoms with van der Waals surface area (Å²) < 4.78 is 6.11. The molecule has 0 saturated heterocycles. The number of aromatic nitrogens is 1. The number of halogens is 2. The van der Waals surface area contributed by atoms with E-state index >= 15 is 0 Å². The molecule has 9 heteroatoms. The van der Waals surface area contributed by atoms with Gasteiger partial charge in [0, 0.05) is 60.5 Å². The molecule has 0 bridgehead atoms. The van der Waals surface area contributed by atoms with Gasteiger partial charge in [-0.1, -0.05) is 36.4 Å². The van der Waals surface area contributed by atoms with Crippen LogP contribution in [0, 0.1) is 6.92 Å². The SMILES string of the molecule is Cc1cccc2c(Nc3cccc(OCCCCN(CCCl)CCCl)c3)c3cccc(C(=O)NCCN(C)C)c3nc12. The predicted molar refractivity (Wildman–Crippen MR) is 177 cm³/mol. The van der Waals surface area contributed by atoms with Crippen molar-refractivity contribution < 1.29 is 9.53 Å². The van der Waals surface area contributed by atoms with Crippen LogP contribution >= 0.6 is 23.2 Å². The smallest absolute Gasteiger partial charge is 0.253 e. The lowest BCUT2D eigenvalue weighted by Gasteiger charge is -2.19. The lowest BCUT2D eigenvalue weighted by atomic mass is 10.0. The van der Waals surface area contributed by atoms with Gasteiger partial charge in [0.2, 0.25) is 0 Å². The first-order chi connectivity index (χ1) is 20.4. The van der Waals surface area contributed by atoms with E-state index in [2.05, 4.69) is 21.6 Å². The first-order valence-corrected chi connectivity index (χ1v) is 15.6. The summed E-state index contributed by atoms with van der Waals surface area (Å²) in [6, 6.07) is 19.9. The first kappa shape index (κ1) is 31.8. The van der Waals surface area contributed by atoms with E-state index in [-0.39, 0.29) is 5.91 Å². The number of hydrogen-bond acceptors (Lipinski definition) is 6. The quantitative estimate of drug-likeness (QED) is 0.0840. The largest absolute Gasteiger partial charge is 0.494 e. The number of benzene rings is 3. The number of hydrogen-bond donors (Lipinski definition) is 2. The third-order valence-corrected chi connectivity index (χ3v) is 7.51. The third-order valence-electron chi connectivity index (χ3n) is 7.17. The van der Waals surface area contributed by atoms with Gasteiger partial charge >= 0.3 is 0 Å². The average Bonchev–Trinajstić information content (AvgIpc) is 2.97. The molecule has 1 amide bonds. The molecule has 0 atom stereocenters. The molecule has 42 heavy (non-hydrogen) atoms. The predicted octanol–water partition coefficient (Wildman–Crippen LogP) is 6.67. The lowest BCUT2D eigenvalue weighted by molar-refractivity contribution is 0.0952. The zero-order chi connectivity index (χ0) is 29.9. The Balaban J connectivity index is 1.55. The maximum Gasteiger partial charge on any atom is 0.253 e. The summed E-state index contributed by atoms with van der Waals surface area (Å²) in [6.07, 6.45) is 1.96. The Bertz CT molecular complexity index is 1470. The van der Waals surface area contributed by atoms with Crippen LogP contribution in [0.25, 0.3) is 21.8 Å². The van der Waals surface area contributed by atoms with Gasteiger partial charge in [0.05, 0.1) is 28.9 Å². The monoisotopic (exact) mass is 609 g/mol. The second-order valence-electron chi connectivity index (χ2n) is 10.6. The average molecular weight is 611 g/mol. The molecule has 0 aliphatic heterocycles. The molecular formula is C33H41Cl2N5O2. The zero-order valence-electron chi connectivity index (χ0n) is 24.8. The minimum atomic E-state index is -0.127. The number of fused-ring (bicyclic) bond motifs is 2. The van der Waals surface area contributed by atoms with E-state index in [1.165, 1.54) is 0 Å². The number of nitrogens with zero attached hydrogens (tertiary/aromatic N) is 3. The highest BCUT2D eigenvalue weighted by Gasteiger charge is 2.17. The van der Waals surface area contributed by atoms with Gasteiger partial charge in [-0.05, 0) is 64.2 Å². The number of pyridine rings is 1. The molecular weight excluding hydrogens is 569 g/mol. The van der Waals surface area contributed by atoms with Crippen molar-refractivity contribution >= 4 is 62.3 Å². The van der Waals surface area contributed by atoms with Crippen molar-refractivity contribution in [2.45, 2.75) is 19.8 Å². The highest BCUT2D eigenvalue weighted by Crippen LogP contribution is 2.36. The summed E-state index contributed by atoms with van der Waals surface area (Å²) in [4.78, 5) is 22.5. The lowest BCUT2D eigenvalue weighted by Crippen LogP contribution is -2.31. The number of anilines is 2. The molecule has 0 radical (unpaired) electrons. The fourth-order valence-electron chi connectivity index (χ4n) is 4.95. The van der Waals surface area contributed by atoms with Crippen LogP contribution in [0.1, 0.15) is 28.8 Å². The van der Waals surface area contributed by atoms with Crippen LogP contribution in [0.15, 0.2) is 60.7 Å². The van der Waals surface area contributed by atoms with E-state index in [9.17, 15) is 4.79 Å². The maximum absolute atomic E-state index is 13.2. The fraction of sp³-hybridized carbons (Fsp3) is 0.394. The number of para-hydroxylation sites is 2. The van der Waals surface area contributed by atoms with Gasteiger partial charge in [0.15, 0.2) is 0 Å². The van der Waals surface area contributed by atoms with Crippen LogP contribution in [-0.4, -0.2) is 85.9 Å². The Kier molecular flexibility index (Phi) is 12.1. The summed E-state index contributed by atoms with van der Waals surface area (Å²) in [5, 5.41) is 8.56. The van der Waals surface area contributed by atoms with Gasteiger partial charge in [-0.3, -0.25) is 4.79 Å². The summed E-state index contributed by atoms with van der Waals surface area (Å²) in [5.41, 5.74) is 4.97. The van der Waals surface area contributed by atoms with Gasteiger partial charge < -0.3 is 25.2 Å². The molecule has 1 heterocycles. The van der Waals surface area contributed by atoms with Crippen molar-refractivity contribution in [1.82, 2.24) is 20.1 Å². The fourth-order valence-corrected chi connectivity index (χ4v) is 5.43. The minimum absolute atomic E-state index is 0.127. The Labute approximate surface area is 259 Å². The van der Waals surface area contributed by atoms with Crippen molar-refractivity contribution in [1.29, 1.82) is 0 Å². The van der Waals surface area contributed by atoms with Gasteiger partial charge in [0.1, 0.15) is 5.75 Å². The Morgan fingerprint density at radius 1 is 0.881 bits per heavy atom. The first-order valence-electron chi connectivity index (χ1n) is 14.5. The topological polar surface area (TPSA) is 69.7 Å². The third kappa shape index (κ3) is 8.48. The molecule has 4 rings (SSSR count). The number of ether oxygens (including phenoxy) is 1. The van der Waals surface area contributed by atoms with Crippen molar-refractivity contribution in [2.24, 2.45) is 0 Å². The molecule has 1 aromatic heterocycles. The summed E-state index contributed by atoms with van der Waals surface area (Å²) in [6.45, 7) is 6.66. The molecule has 224 valence electrons. The van der Waals surface area contributed by atoms with E-state index in [0.717, 1.165) is 78.0 Å². The van der Waals surface area contributed by atoms with Crippen LogP contribution < -0.4 is 15.4 Å². The van der Waals surface area contributed by atoms with E-state index in [1.807, 2.05) is 80.5 Å². The molecule has 0 unspecified atom stereocenters. The van der Waals surface area contributed by atoms with Crippen molar-refractivity contribution in [2.75, 3.05) is 70.5 Å². The summed E-state index contributed by atoms with van der Waals surface area (Å²) in [7, 11) is 3.97. The van der Waals surface area contributed by atoms with E-state index in [4.69, 9.17) is 32.9 Å². The van der Waals surface area contributed by atoms with Crippen molar-refractivity contribution in [3.8, 4) is 5.75 Å².